The number of hydrogen-bond acceptors (Lipinski definition) is 5. The van der Waals surface area contributed by atoms with Crippen LogP contribution in [0, 0.1) is 0 Å². The minimum atomic E-state index is -3.19. The fourth-order valence-electron chi connectivity index (χ4n) is 1.70. The van der Waals surface area contributed by atoms with Gasteiger partial charge >= 0.3 is 0 Å². The first-order chi connectivity index (χ1) is 7.68. The average Bonchev–Trinajstić information content (AvgIpc) is 2.81. The summed E-state index contributed by atoms with van der Waals surface area (Å²) >= 11 is 1.46. The van der Waals surface area contributed by atoms with E-state index in [4.69, 9.17) is 0 Å². The Bertz CT molecular complexity index is 410. The summed E-state index contributed by atoms with van der Waals surface area (Å²) in [5, 5.41) is 2.81. The van der Waals surface area contributed by atoms with Gasteiger partial charge in [-0.05, 0) is 19.4 Å². The van der Waals surface area contributed by atoms with E-state index in [1.165, 1.54) is 11.3 Å². The molecule has 1 aliphatic heterocycles. The maximum absolute atomic E-state index is 11.9. The fraction of sp³-hybridized carbons (Fsp3) is 0.667. The molecule has 1 aromatic rings. The highest BCUT2D eigenvalue weighted by Crippen LogP contribution is 2.12. The lowest BCUT2D eigenvalue weighted by atomic mass is 10.2. The van der Waals surface area contributed by atoms with Crippen LogP contribution in [-0.4, -0.2) is 31.7 Å². The van der Waals surface area contributed by atoms with Gasteiger partial charge in [-0.3, -0.25) is 4.98 Å². The van der Waals surface area contributed by atoms with Crippen molar-refractivity contribution in [2.75, 3.05) is 13.1 Å². The fourth-order valence-corrected chi connectivity index (χ4v) is 3.74. The molecular weight excluding hydrogens is 246 g/mol. The number of thiazole rings is 1. The van der Waals surface area contributed by atoms with Crippen LogP contribution in [0.2, 0.25) is 0 Å². The lowest BCUT2D eigenvalue weighted by molar-refractivity contribution is 0.490. The Morgan fingerprint density at radius 1 is 1.62 bits per heavy atom. The average molecular weight is 261 g/mol. The number of nitrogens with one attached hydrogen (secondary N) is 2. The molecule has 1 aliphatic rings. The van der Waals surface area contributed by atoms with Crippen LogP contribution in [0.4, 0.5) is 0 Å². The standard InChI is InChI=1S/C9H15N3O2S2/c13-16(14,9-2-1-3-10-6-9)12-5-8-4-11-7-15-8/h4,7,9-10,12H,1-3,5-6H2. The lowest BCUT2D eigenvalue weighted by Gasteiger charge is -2.22. The summed E-state index contributed by atoms with van der Waals surface area (Å²) in [6.45, 7) is 1.82. The number of aromatic nitrogens is 1. The molecular formula is C9H15N3O2S2. The third-order valence-electron chi connectivity index (χ3n) is 2.62. The third-order valence-corrected chi connectivity index (χ3v) is 5.23. The summed E-state index contributed by atoms with van der Waals surface area (Å²) in [5.41, 5.74) is 1.70. The van der Waals surface area contributed by atoms with Gasteiger partial charge in [-0.15, -0.1) is 11.3 Å². The quantitative estimate of drug-likeness (QED) is 0.818. The second kappa shape index (κ2) is 5.22. The molecule has 0 amide bonds. The van der Waals surface area contributed by atoms with Crippen molar-refractivity contribution in [2.24, 2.45) is 0 Å². The van der Waals surface area contributed by atoms with Crippen molar-refractivity contribution in [1.29, 1.82) is 0 Å². The van der Waals surface area contributed by atoms with Gasteiger partial charge in [-0.2, -0.15) is 0 Å². The second-order valence-corrected chi connectivity index (χ2v) is 6.82. The Morgan fingerprint density at radius 3 is 3.12 bits per heavy atom. The van der Waals surface area contributed by atoms with Crippen molar-refractivity contribution in [2.45, 2.75) is 24.6 Å². The maximum Gasteiger partial charge on any atom is 0.216 e. The number of sulfonamides is 1. The van der Waals surface area contributed by atoms with Gasteiger partial charge in [-0.1, -0.05) is 0 Å². The van der Waals surface area contributed by atoms with E-state index in [0.29, 0.717) is 13.1 Å². The van der Waals surface area contributed by atoms with Crippen molar-refractivity contribution in [3.63, 3.8) is 0 Å². The molecule has 16 heavy (non-hydrogen) atoms. The molecule has 0 radical (unpaired) electrons. The number of hydrogen-bond donors (Lipinski definition) is 2. The second-order valence-electron chi connectivity index (χ2n) is 3.80. The van der Waals surface area contributed by atoms with Gasteiger partial charge in [0.1, 0.15) is 0 Å². The van der Waals surface area contributed by atoms with Crippen LogP contribution in [0.25, 0.3) is 0 Å². The minimum Gasteiger partial charge on any atom is -0.315 e. The van der Waals surface area contributed by atoms with E-state index in [0.717, 1.165) is 24.3 Å². The minimum absolute atomic E-state index is 0.297. The van der Waals surface area contributed by atoms with E-state index >= 15 is 0 Å². The van der Waals surface area contributed by atoms with E-state index in [9.17, 15) is 8.42 Å². The monoisotopic (exact) mass is 261 g/mol. The molecule has 5 nitrogen and oxygen atoms in total. The molecule has 1 saturated heterocycles. The summed E-state index contributed by atoms with van der Waals surface area (Å²) in [6.07, 6.45) is 3.35. The predicted octanol–water partition coefficient (Wildman–Crippen LogP) is 0.314. The molecule has 2 N–H and O–H groups in total. The zero-order valence-corrected chi connectivity index (χ0v) is 10.5. The number of nitrogens with zero attached hydrogens (tertiary/aromatic N) is 1. The zero-order chi connectivity index (χ0) is 11.4. The smallest absolute Gasteiger partial charge is 0.216 e. The van der Waals surface area contributed by atoms with Crippen LogP contribution in [0.15, 0.2) is 11.7 Å². The van der Waals surface area contributed by atoms with Gasteiger partial charge in [0.25, 0.3) is 0 Å². The SMILES string of the molecule is O=S(=O)(NCc1cncs1)C1CCCNC1. The Hall–Kier alpha value is -0.500. The third kappa shape index (κ3) is 3.00. The van der Waals surface area contributed by atoms with E-state index in [1.54, 1.807) is 11.7 Å². The summed E-state index contributed by atoms with van der Waals surface area (Å²) in [4.78, 5) is 4.84. The molecule has 7 heteroatoms. The molecule has 2 rings (SSSR count). The molecule has 0 aromatic carbocycles. The van der Waals surface area contributed by atoms with Crippen molar-refractivity contribution in [3.8, 4) is 0 Å². The lowest BCUT2D eigenvalue weighted by Crippen LogP contribution is -2.43. The van der Waals surface area contributed by atoms with Crippen molar-refractivity contribution >= 4 is 21.4 Å². The van der Waals surface area contributed by atoms with Gasteiger partial charge in [0.2, 0.25) is 10.0 Å². The van der Waals surface area contributed by atoms with E-state index in [2.05, 4.69) is 15.0 Å². The van der Waals surface area contributed by atoms with E-state index in [1.807, 2.05) is 0 Å². The van der Waals surface area contributed by atoms with Gasteiger partial charge < -0.3 is 5.32 Å². The van der Waals surface area contributed by atoms with Crippen LogP contribution < -0.4 is 10.0 Å². The summed E-state index contributed by atoms with van der Waals surface area (Å²) in [6, 6.07) is 0. The molecule has 1 fully saturated rings. The Balaban J connectivity index is 1.91. The number of piperidine rings is 1. The molecule has 1 unspecified atom stereocenters. The van der Waals surface area contributed by atoms with E-state index < -0.39 is 10.0 Å². The molecule has 1 aromatic heterocycles. The van der Waals surface area contributed by atoms with Gasteiger partial charge in [0, 0.05) is 24.2 Å². The molecule has 0 bridgehead atoms. The first kappa shape index (κ1) is 12.0. The molecule has 0 saturated carbocycles. The summed E-state index contributed by atoms with van der Waals surface area (Å²) < 4.78 is 26.5. The summed E-state index contributed by atoms with van der Waals surface area (Å²) in [5.74, 6) is 0. The van der Waals surface area contributed by atoms with Gasteiger partial charge in [0.15, 0.2) is 0 Å². The molecule has 0 aliphatic carbocycles. The highest BCUT2D eigenvalue weighted by atomic mass is 32.2. The topological polar surface area (TPSA) is 71.1 Å². The van der Waals surface area contributed by atoms with Gasteiger partial charge in [-0.25, -0.2) is 13.1 Å². The Labute approximate surface area is 99.3 Å². The molecule has 0 spiro atoms. The van der Waals surface area contributed by atoms with Crippen LogP contribution in [0.3, 0.4) is 0 Å². The summed E-state index contributed by atoms with van der Waals surface area (Å²) in [7, 11) is -3.19. The zero-order valence-electron chi connectivity index (χ0n) is 8.85. The Morgan fingerprint density at radius 2 is 2.50 bits per heavy atom. The highest BCUT2D eigenvalue weighted by Gasteiger charge is 2.26. The van der Waals surface area contributed by atoms with Gasteiger partial charge in [0.05, 0.1) is 10.8 Å². The van der Waals surface area contributed by atoms with Crippen molar-refractivity contribution < 1.29 is 8.42 Å². The van der Waals surface area contributed by atoms with Crippen LogP contribution >= 0.6 is 11.3 Å². The van der Waals surface area contributed by atoms with E-state index in [-0.39, 0.29) is 5.25 Å². The molecule has 90 valence electrons. The predicted molar refractivity (Wildman–Crippen MR) is 63.8 cm³/mol. The Kier molecular flexibility index (Phi) is 3.91. The van der Waals surface area contributed by atoms with Crippen molar-refractivity contribution in [1.82, 2.24) is 15.0 Å². The first-order valence-corrected chi connectivity index (χ1v) is 7.67. The van der Waals surface area contributed by atoms with Crippen LogP contribution in [0.1, 0.15) is 17.7 Å². The first-order valence-electron chi connectivity index (χ1n) is 5.25. The largest absolute Gasteiger partial charge is 0.315 e. The highest BCUT2D eigenvalue weighted by molar-refractivity contribution is 7.90. The maximum atomic E-state index is 11.9. The normalized spacial score (nSPS) is 22.1. The molecule has 2 heterocycles. The van der Waals surface area contributed by atoms with Crippen molar-refractivity contribution in [3.05, 3.63) is 16.6 Å². The molecule has 1 atom stereocenters. The number of rotatable bonds is 4. The van der Waals surface area contributed by atoms with Crippen LogP contribution in [-0.2, 0) is 16.6 Å². The van der Waals surface area contributed by atoms with Crippen LogP contribution in [0.5, 0.6) is 0 Å².